The molecule has 19 heavy (non-hydrogen) atoms. The lowest BCUT2D eigenvalue weighted by Gasteiger charge is -2.25. The van der Waals surface area contributed by atoms with Crippen LogP contribution in [0, 0.1) is 5.92 Å². The molecule has 0 bridgehead atoms. The highest BCUT2D eigenvalue weighted by Crippen LogP contribution is 2.40. The Morgan fingerprint density at radius 2 is 2.26 bits per heavy atom. The minimum Gasteiger partial charge on any atom is -0.478 e. The van der Waals surface area contributed by atoms with E-state index in [1.807, 2.05) is 0 Å². The first-order chi connectivity index (χ1) is 9.07. The quantitative estimate of drug-likeness (QED) is 0.818. The van der Waals surface area contributed by atoms with E-state index >= 15 is 0 Å². The van der Waals surface area contributed by atoms with Crippen LogP contribution in [0.15, 0.2) is 16.7 Å². The molecule has 2 rings (SSSR count). The molecule has 0 saturated heterocycles. The van der Waals surface area contributed by atoms with Gasteiger partial charge in [-0.05, 0) is 37.7 Å². The van der Waals surface area contributed by atoms with Crippen LogP contribution >= 0.6 is 0 Å². The van der Waals surface area contributed by atoms with E-state index in [-0.39, 0.29) is 11.3 Å². The largest absolute Gasteiger partial charge is 0.478 e. The average molecular weight is 266 g/mol. The van der Waals surface area contributed by atoms with Crippen LogP contribution in [0.5, 0.6) is 0 Å². The summed E-state index contributed by atoms with van der Waals surface area (Å²) < 4.78 is 5.29. The average Bonchev–Trinajstić information content (AvgIpc) is 2.79. The monoisotopic (exact) mass is 266 g/mol. The van der Waals surface area contributed by atoms with E-state index in [1.165, 1.54) is 18.8 Å². The number of hydrogen-bond donors (Lipinski definition) is 2. The van der Waals surface area contributed by atoms with Crippen molar-refractivity contribution >= 4 is 5.97 Å². The van der Waals surface area contributed by atoms with Crippen LogP contribution in [0.3, 0.4) is 0 Å². The summed E-state index contributed by atoms with van der Waals surface area (Å²) in [6, 6.07) is 1.42. The van der Waals surface area contributed by atoms with Crippen molar-refractivity contribution in [1.29, 1.82) is 0 Å². The molecule has 1 heterocycles. The number of carboxylic acids is 1. The molecule has 1 saturated carbocycles. The van der Waals surface area contributed by atoms with Crippen molar-refractivity contribution in [3.05, 3.63) is 23.7 Å². The molecule has 4 nitrogen and oxygen atoms in total. The Morgan fingerprint density at radius 3 is 2.95 bits per heavy atom. The minimum absolute atomic E-state index is 0.0939. The summed E-state index contributed by atoms with van der Waals surface area (Å²) in [5.41, 5.74) is -1.02. The molecule has 0 amide bonds. The fourth-order valence-corrected chi connectivity index (χ4v) is 3.16. The van der Waals surface area contributed by atoms with Gasteiger partial charge in [-0.2, -0.15) is 0 Å². The van der Waals surface area contributed by atoms with Crippen LogP contribution < -0.4 is 0 Å². The highest BCUT2D eigenvalue weighted by molar-refractivity contribution is 5.89. The Morgan fingerprint density at radius 1 is 1.47 bits per heavy atom. The SMILES string of the molecule is CCCC1CCCC(O)(c2occc2C(=O)O)CC1. The van der Waals surface area contributed by atoms with Crippen LogP contribution in [0.25, 0.3) is 0 Å². The summed E-state index contributed by atoms with van der Waals surface area (Å²) in [5.74, 6) is -0.161. The van der Waals surface area contributed by atoms with Crippen LogP contribution in [-0.2, 0) is 5.60 Å². The normalized spacial score (nSPS) is 28.0. The minimum atomic E-state index is -1.11. The van der Waals surface area contributed by atoms with E-state index in [4.69, 9.17) is 9.52 Å². The third-order valence-corrected chi connectivity index (χ3v) is 4.18. The summed E-state index contributed by atoms with van der Waals surface area (Å²) in [4.78, 5) is 11.1. The molecule has 0 aliphatic heterocycles. The second-order valence-electron chi connectivity index (χ2n) is 5.59. The van der Waals surface area contributed by atoms with Gasteiger partial charge in [-0.1, -0.05) is 26.2 Å². The van der Waals surface area contributed by atoms with E-state index < -0.39 is 11.6 Å². The first-order valence-corrected chi connectivity index (χ1v) is 7.10. The molecule has 2 N–H and O–H groups in total. The van der Waals surface area contributed by atoms with Crippen molar-refractivity contribution in [1.82, 2.24) is 0 Å². The summed E-state index contributed by atoms with van der Waals surface area (Å²) in [6.45, 7) is 2.17. The smallest absolute Gasteiger partial charge is 0.339 e. The van der Waals surface area contributed by atoms with Gasteiger partial charge in [0.1, 0.15) is 16.9 Å². The lowest BCUT2D eigenvalue weighted by Crippen LogP contribution is -2.26. The number of hydrogen-bond acceptors (Lipinski definition) is 3. The second kappa shape index (κ2) is 5.78. The molecule has 0 aromatic carbocycles. The van der Waals surface area contributed by atoms with Crippen molar-refractivity contribution < 1.29 is 19.4 Å². The van der Waals surface area contributed by atoms with Crippen molar-refractivity contribution in [2.45, 2.75) is 57.5 Å². The molecule has 1 aromatic heterocycles. The van der Waals surface area contributed by atoms with Gasteiger partial charge in [0.25, 0.3) is 0 Å². The van der Waals surface area contributed by atoms with Crippen LogP contribution in [0.2, 0.25) is 0 Å². The molecule has 1 aromatic rings. The van der Waals surface area contributed by atoms with Gasteiger partial charge >= 0.3 is 5.97 Å². The van der Waals surface area contributed by atoms with Gasteiger partial charge in [-0.15, -0.1) is 0 Å². The highest BCUT2D eigenvalue weighted by Gasteiger charge is 2.38. The summed E-state index contributed by atoms with van der Waals surface area (Å²) in [5, 5.41) is 19.9. The van der Waals surface area contributed by atoms with Crippen LogP contribution in [0.4, 0.5) is 0 Å². The predicted molar refractivity (Wildman–Crippen MR) is 71.0 cm³/mol. The number of carboxylic acid groups (broad SMARTS) is 1. The second-order valence-corrected chi connectivity index (χ2v) is 5.59. The van der Waals surface area contributed by atoms with E-state index in [0.717, 1.165) is 25.7 Å². The molecular weight excluding hydrogens is 244 g/mol. The summed E-state index contributed by atoms with van der Waals surface area (Å²) in [7, 11) is 0. The van der Waals surface area contributed by atoms with Gasteiger partial charge in [-0.3, -0.25) is 0 Å². The molecular formula is C15H22O4. The molecule has 1 fully saturated rings. The standard InChI is InChI=1S/C15H22O4/c1-2-4-11-5-3-8-15(18,9-6-11)13-12(14(16)17)7-10-19-13/h7,10-11,18H,2-6,8-9H2,1H3,(H,16,17). The van der Waals surface area contributed by atoms with E-state index in [1.54, 1.807) is 0 Å². The third kappa shape index (κ3) is 3.00. The van der Waals surface area contributed by atoms with Crippen molar-refractivity contribution in [3.63, 3.8) is 0 Å². The number of aliphatic hydroxyl groups is 1. The Kier molecular flexibility index (Phi) is 4.30. The molecule has 2 atom stereocenters. The molecule has 1 aliphatic carbocycles. The van der Waals surface area contributed by atoms with Gasteiger partial charge in [0.2, 0.25) is 0 Å². The molecule has 1 aliphatic rings. The maximum absolute atomic E-state index is 11.1. The summed E-state index contributed by atoms with van der Waals surface area (Å²) in [6.07, 6.45) is 7.83. The van der Waals surface area contributed by atoms with Gasteiger partial charge < -0.3 is 14.6 Å². The van der Waals surface area contributed by atoms with Gasteiger partial charge in [0.05, 0.1) is 6.26 Å². The zero-order valence-corrected chi connectivity index (χ0v) is 11.4. The fourth-order valence-electron chi connectivity index (χ4n) is 3.16. The number of aromatic carboxylic acids is 1. The lowest BCUT2D eigenvalue weighted by molar-refractivity contribution is -0.00291. The third-order valence-electron chi connectivity index (χ3n) is 4.18. The maximum Gasteiger partial charge on any atom is 0.339 e. The fraction of sp³-hybridized carbons (Fsp3) is 0.667. The van der Waals surface area contributed by atoms with Gasteiger partial charge in [0, 0.05) is 0 Å². The van der Waals surface area contributed by atoms with Gasteiger partial charge in [-0.25, -0.2) is 4.79 Å². The van der Waals surface area contributed by atoms with Crippen molar-refractivity contribution in [2.24, 2.45) is 5.92 Å². The maximum atomic E-state index is 11.1. The zero-order chi connectivity index (χ0) is 13.9. The van der Waals surface area contributed by atoms with Gasteiger partial charge in [0.15, 0.2) is 0 Å². The molecule has 4 heteroatoms. The molecule has 0 radical (unpaired) electrons. The van der Waals surface area contributed by atoms with Crippen molar-refractivity contribution in [3.8, 4) is 0 Å². The Hall–Kier alpha value is -1.29. The zero-order valence-electron chi connectivity index (χ0n) is 11.4. The topological polar surface area (TPSA) is 70.7 Å². The number of furan rings is 1. The Bertz CT molecular complexity index is 437. The number of rotatable bonds is 4. The highest BCUT2D eigenvalue weighted by atomic mass is 16.4. The predicted octanol–water partition coefficient (Wildman–Crippen LogP) is 3.55. The Balaban J connectivity index is 2.18. The first-order valence-electron chi connectivity index (χ1n) is 7.10. The molecule has 2 unspecified atom stereocenters. The number of carbonyl (C=O) groups is 1. The molecule has 0 spiro atoms. The lowest BCUT2D eigenvalue weighted by atomic mass is 9.88. The van der Waals surface area contributed by atoms with E-state index in [0.29, 0.717) is 18.8 Å². The van der Waals surface area contributed by atoms with Crippen LogP contribution in [-0.4, -0.2) is 16.2 Å². The first kappa shape index (κ1) is 14.1. The molecule has 106 valence electrons. The van der Waals surface area contributed by atoms with E-state index in [9.17, 15) is 9.90 Å². The van der Waals surface area contributed by atoms with Crippen LogP contribution in [0.1, 0.15) is 68.0 Å². The van der Waals surface area contributed by atoms with E-state index in [2.05, 4.69) is 6.92 Å². The summed E-state index contributed by atoms with van der Waals surface area (Å²) >= 11 is 0. The van der Waals surface area contributed by atoms with Crippen molar-refractivity contribution in [2.75, 3.05) is 0 Å². The Labute approximate surface area is 113 Å².